The van der Waals surface area contributed by atoms with Gasteiger partial charge in [0.05, 0.1) is 11.8 Å². The molecular formula is C15H10FNO4. The van der Waals surface area contributed by atoms with Crippen molar-refractivity contribution < 1.29 is 23.5 Å². The number of benzene rings is 2. The van der Waals surface area contributed by atoms with Gasteiger partial charge in [0.1, 0.15) is 5.82 Å². The van der Waals surface area contributed by atoms with Gasteiger partial charge < -0.3 is 14.3 Å². The molecule has 5 nitrogen and oxygen atoms in total. The van der Waals surface area contributed by atoms with E-state index >= 15 is 0 Å². The lowest BCUT2D eigenvalue weighted by Gasteiger charge is -1.99. The van der Waals surface area contributed by atoms with E-state index in [0.29, 0.717) is 17.1 Å². The van der Waals surface area contributed by atoms with Crippen LogP contribution in [0.5, 0.6) is 11.5 Å². The van der Waals surface area contributed by atoms with Gasteiger partial charge in [-0.2, -0.15) is 0 Å². The number of oxime groups is 1. The van der Waals surface area contributed by atoms with Gasteiger partial charge in [-0.05, 0) is 30.3 Å². The molecule has 1 heterocycles. The van der Waals surface area contributed by atoms with E-state index in [1.807, 2.05) is 0 Å². The van der Waals surface area contributed by atoms with Crippen LogP contribution in [0.2, 0.25) is 0 Å². The van der Waals surface area contributed by atoms with E-state index in [1.54, 1.807) is 24.3 Å². The highest BCUT2D eigenvalue weighted by atomic mass is 19.1. The van der Waals surface area contributed by atoms with E-state index in [-0.39, 0.29) is 12.4 Å². The smallest absolute Gasteiger partial charge is 0.368 e. The van der Waals surface area contributed by atoms with Crippen molar-refractivity contribution in [2.75, 3.05) is 6.79 Å². The third-order valence-electron chi connectivity index (χ3n) is 2.83. The van der Waals surface area contributed by atoms with E-state index in [1.165, 1.54) is 24.4 Å². The monoisotopic (exact) mass is 287 g/mol. The minimum atomic E-state index is -0.856. The number of hydrogen-bond donors (Lipinski definition) is 0. The highest BCUT2D eigenvalue weighted by Gasteiger charge is 2.13. The summed E-state index contributed by atoms with van der Waals surface area (Å²) in [5, 5.41) is 3.55. The van der Waals surface area contributed by atoms with Crippen LogP contribution in [-0.4, -0.2) is 19.0 Å². The average Bonchev–Trinajstić information content (AvgIpc) is 2.95. The van der Waals surface area contributed by atoms with Crippen LogP contribution in [0.15, 0.2) is 47.6 Å². The maximum absolute atomic E-state index is 13.4. The first-order chi connectivity index (χ1) is 10.2. The van der Waals surface area contributed by atoms with Crippen molar-refractivity contribution in [3.05, 3.63) is 59.4 Å². The predicted octanol–water partition coefficient (Wildman–Crippen LogP) is 2.75. The molecule has 0 aromatic heterocycles. The van der Waals surface area contributed by atoms with Crippen LogP contribution in [0.4, 0.5) is 4.39 Å². The van der Waals surface area contributed by atoms with Gasteiger partial charge in [0, 0.05) is 5.56 Å². The molecule has 0 spiro atoms. The molecule has 1 aliphatic rings. The topological polar surface area (TPSA) is 57.1 Å². The Morgan fingerprint density at radius 1 is 1.19 bits per heavy atom. The molecule has 0 fully saturated rings. The molecule has 2 aromatic rings. The second-order valence-corrected chi connectivity index (χ2v) is 4.21. The summed E-state index contributed by atoms with van der Waals surface area (Å²) in [6.07, 6.45) is 1.33. The van der Waals surface area contributed by atoms with E-state index in [0.717, 1.165) is 0 Å². The zero-order chi connectivity index (χ0) is 14.7. The summed E-state index contributed by atoms with van der Waals surface area (Å²) in [5.74, 6) is -0.263. The van der Waals surface area contributed by atoms with Crippen LogP contribution in [0.1, 0.15) is 15.9 Å². The van der Waals surface area contributed by atoms with E-state index < -0.39 is 11.8 Å². The Morgan fingerprint density at radius 3 is 2.86 bits per heavy atom. The number of rotatable bonds is 3. The molecule has 106 valence electrons. The number of nitrogens with zero attached hydrogens (tertiary/aromatic N) is 1. The van der Waals surface area contributed by atoms with Gasteiger partial charge >= 0.3 is 5.97 Å². The van der Waals surface area contributed by atoms with Gasteiger partial charge in [-0.15, -0.1) is 0 Å². The SMILES string of the molecule is O=C(O/N=C/c1ccc2c(c1)OCO2)c1ccccc1F. The standard InChI is InChI=1S/C15H10FNO4/c16-12-4-2-1-3-11(12)15(18)21-17-8-10-5-6-13-14(7-10)20-9-19-13/h1-8H,9H2/b17-8+. The van der Waals surface area contributed by atoms with Crippen LogP contribution in [-0.2, 0) is 4.84 Å². The van der Waals surface area contributed by atoms with Crippen molar-refractivity contribution in [2.45, 2.75) is 0 Å². The highest BCUT2D eigenvalue weighted by Crippen LogP contribution is 2.31. The lowest BCUT2D eigenvalue weighted by atomic mass is 10.2. The van der Waals surface area contributed by atoms with Gasteiger partial charge in [-0.3, -0.25) is 0 Å². The average molecular weight is 287 g/mol. The minimum absolute atomic E-state index is 0.166. The van der Waals surface area contributed by atoms with Gasteiger partial charge in [0.15, 0.2) is 11.5 Å². The van der Waals surface area contributed by atoms with E-state index in [4.69, 9.17) is 9.47 Å². The Bertz CT molecular complexity index is 715. The molecule has 0 saturated carbocycles. The lowest BCUT2D eigenvalue weighted by Crippen LogP contribution is -2.03. The molecule has 0 bridgehead atoms. The van der Waals surface area contributed by atoms with Gasteiger partial charge in [0.25, 0.3) is 0 Å². The molecule has 2 aromatic carbocycles. The molecule has 0 aliphatic carbocycles. The first-order valence-electron chi connectivity index (χ1n) is 6.13. The van der Waals surface area contributed by atoms with Gasteiger partial charge in [-0.1, -0.05) is 17.3 Å². The lowest BCUT2D eigenvalue weighted by molar-refractivity contribution is 0.0514. The summed E-state index contributed by atoms with van der Waals surface area (Å²) in [7, 11) is 0. The molecule has 0 N–H and O–H groups in total. The van der Waals surface area contributed by atoms with Crippen molar-refractivity contribution in [3.63, 3.8) is 0 Å². The molecule has 21 heavy (non-hydrogen) atoms. The van der Waals surface area contributed by atoms with Crippen molar-refractivity contribution >= 4 is 12.2 Å². The summed E-state index contributed by atoms with van der Waals surface area (Å²) in [4.78, 5) is 16.3. The molecule has 0 amide bonds. The first-order valence-corrected chi connectivity index (χ1v) is 6.13. The van der Waals surface area contributed by atoms with Crippen molar-refractivity contribution in [1.29, 1.82) is 0 Å². The first kappa shape index (κ1) is 13.1. The fourth-order valence-electron chi connectivity index (χ4n) is 1.80. The zero-order valence-electron chi connectivity index (χ0n) is 10.8. The molecule has 0 atom stereocenters. The largest absolute Gasteiger partial charge is 0.454 e. The number of carbonyl (C=O) groups excluding carboxylic acids is 1. The second kappa shape index (κ2) is 5.62. The Balaban J connectivity index is 1.67. The molecular weight excluding hydrogens is 277 g/mol. The summed E-state index contributed by atoms with van der Waals surface area (Å²) in [6.45, 7) is 0.179. The maximum atomic E-state index is 13.4. The quantitative estimate of drug-likeness (QED) is 0.495. The number of halogens is 1. The number of hydrogen-bond acceptors (Lipinski definition) is 5. The fraction of sp³-hybridized carbons (Fsp3) is 0.0667. The second-order valence-electron chi connectivity index (χ2n) is 4.21. The van der Waals surface area contributed by atoms with Crippen LogP contribution < -0.4 is 9.47 Å². The third-order valence-corrected chi connectivity index (χ3v) is 2.83. The van der Waals surface area contributed by atoms with Crippen LogP contribution in [0.3, 0.4) is 0 Å². The van der Waals surface area contributed by atoms with Crippen molar-refractivity contribution in [2.24, 2.45) is 5.16 Å². The van der Waals surface area contributed by atoms with Crippen LogP contribution in [0.25, 0.3) is 0 Å². The maximum Gasteiger partial charge on any atom is 0.368 e. The Hall–Kier alpha value is -2.89. The van der Waals surface area contributed by atoms with Gasteiger partial charge in [0.2, 0.25) is 6.79 Å². The summed E-state index contributed by atoms with van der Waals surface area (Å²) in [6, 6.07) is 10.7. The van der Waals surface area contributed by atoms with Crippen LogP contribution >= 0.6 is 0 Å². The number of fused-ring (bicyclic) bond motifs is 1. The summed E-state index contributed by atoms with van der Waals surface area (Å²) in [5.41, 5.74) is 0.501. The molecule has 0 unspecified atom stereocenters. The minimum Gasteiger partial charge on any atom is -0.454 e. The van der Waals surface area contributed by atoms with Crippen molar-refractivity contribution in [1.82, 2.24) is 0 Å². The Labute approximate surface area is 119 Å². The van der Waals surface area contributed by atoms with Gasteiger partial charge in [-0.25, -0.2) is 9.18 Å². The molecule has 0 radical (unpaired) electrons. The molecule has 3 rings (SSSR count). The van der Waals surface area contributed by atoms with Crippen molar-refractivity contribution in [3.8, 4) is 11.5 Å². The summed E-state index contributed by atoms with van der Waals surface area (Å²) >= 11 is 0. The number of carbonyl (C=O) groups is 1. The molecule has 6 heteroatoms. The zero-order valence-corrected chi connectivity index (χ0v) is 10.8. The molecule has 1 aliphatic heterocycles. The molecule has 0 saturated heterocycles. The number of ether oxygens (including phenoxy) is 2. The Morgan fingerprint density at radius 2 is 2.00 bits per heavy atom. The predicted molar refractivity (Wildman–Crippen MR) is 72.0 cm³/mol. The Kier molecular flexibility index (Phi) is 3.51. The third kappa shape index (κ3) is 2.84. The normalized spacial score (nSPS) is 12.6. The van der Waals surface area contributed by atoms with E-state index in [2.05, 4.69) is 9.99 Å². The fourth-order valence-corrected chi connectivity index (χ4v) is 1.80. The highest BCUT2D eigenvalue weighted by molar-refractivity contribution is 5.90. The van der Waals surface area contributed by atoms with Crippen LogP contribution in [0, 0.1) is 5.82 Å². The summed E-state index contributed by atoms with van der Waals surface area (Å²) < 4.78 is 23.7. The van der Waals surface area contributed by atoms with E-state index in [9.17, 15) is 9.18 Å².